The summed E-state index contributed by atoms with van der Waals surface area (Å²) < 4.78 is 7.42. The quantitative estimate of drug-likeness (QED) is 0.558. The second-order valence-corrected chi connectivity index (χ2v) is 7.54. The number of nitrogens with zero attached hydrogens (tertiary/aromatic N) is 4. The van der Waals surface area contributed by atoms with E-state index in [4.69, 9.17) is 9.62 Å². The van der Waals surface area contributed by atoms with Crippen LogP contribution in [0.5, 0.6) is 0 Å². The molecule has 0 saturated carbocycles. The number of piperidine rings is 1. The van der Waals surface area contributed by atoms with Crippen LogP contribution in [0.2, 0.25) is 0 Å². The Bertz CT molecular complexity index is 1250. The molecule has 29 heavy (non-hydrogen) atoms. The maximum atomic E-state index is 12.4. The maximum Gasteiger partial charge on any atom is 0.263 e. The van der Waals surface area contributed by atoms with Gasteiger partial charge in [-0.3, -0.25) is 4.79 Å². The van der Waals surface area contributed by atoms with Crippen LogP contribution in [0, 0.1) is 13.8 Å². The SMILES string of the molecule is Cc1ccccc1-c1noc(-c2c(C)nn3c(C4CCNCC4)cc(=O)[nH]c23)n1. The van der Waals surface area contributed by atoms with Crippen LogP contribution in [0.4, 0.5) is 0 Å². The van der Waals surface area contributed by atoms with E-state index in [1.54, 1.807) is 6.07 Å². The molecule has 4 aromatic rings. The van der Waals surface area contributed by atoms with Gasteiger partial charge >= 0.3 is 0 Å². The van der Waals surface area contributed by atoms with Crippen LogP contribution >= 0.6 is 0 Å². The van der Waals surface area contributed by atoms with Crippen molar-refractivity contribution in [2.24, 2.45) is 0 Å². The number of benzene rings is 1. The van der Waals surface area contributed by atoms with Crippen molar-refractivity contribution in [2.75, 3.05) is 13.1 Å². The van der Waals surface area contributed by atoms with E-state index in [0.29, 0.717) is 28.8 Å². The summed E-state index contributed by atoms with van der Waals surface area (Å²) in [7, 11) is 0. The number of aromatic amines is 1. The Labute approximate surface area is 167 Å². The standard InChI is InChI=1S/C21H22N6O2/c1-12-5-3-4-6-15(12)19-24-21(29-26-19)18-13(2)25-27-16(11-17(28)23-20(18)27)14-7-9-22-10-8-14/h3-6,11,14,22H,7-10H2,1-2H3,(H,23,28). The largest absolute Gasteiger partial charge is 0.333 e. The van der Waals surface area contributed by atoms with Gasteiger partial charge in [-0.1, -0.05) is 29.4 Å². The topological polar surface area (TPSA) is 101 Å². The highest BCUT2D eigenvalue weighted by Crippen LogP contribution is 2.31. The highest BCUT2D eigenvalue weighted by atomic mass is 16.5. The fraction of sp³-hybridized carbons (Fsp3) is 0.333. The molecule has 148 valence electrons. The van der Waals surface area contributed by atoms with Crippen molar-refractivity contribution in [3.8, 4) is 22.8 Å². The van der Waals surface area contributed by atoms with Gasteiger partial charge in [0.2, 0.25) is 5.82 Å². The Balaban J connectivity index is 1.65. The van der Waals surface area contributed by atoms with Gasteiger partial charge in [0, 0.05) is 17.5 Å². The number of nitrogens with one attached hydrogen (secondary N) is 2. The van der Waals surface area contributed by atoms with Crippen LogP contribution < -0.4 is 10.9 Å². The molecule has 0 radical (unpaired) electrons. The summed E-state index contributed by atoms with van der Waals surface area (Å²) in [6, 6.07) is 9.55. The summed E-state index contributed by atoms with van der Waals surface area (Å²) in [6.07, 6.45) is 1.95. The molecule has 0 aliphatic carbocycles. The van der Waals surface area contributed by atoms with E-state index < -0.39 is 0 Å². The van der Waals surface area contributed by atoms with Crippen molar-refractivity contribution in [1.82, 2.24) is 30.1 Å². The average molecular weight is 390 g/mol. The molecule has 1 aromatic carbocycles. The van der Waals surface area contributed by atoms with Crippen LogP contribution in [0.15, 0.2) is 39.6 Å². The van der Waals surface area contributed by atoms with Crippen molar-refractivity contribution in [1.29, 1.82) is 0 Å². The molecule has 1 aliphatic rings. The normalized spacial score (nSPS) is 15.2. The van der Waals surface area contributed by atoms with E-state index in [2.05, 4.69) is 20.4 Å². The fourth-order valence-corrected chi connectivity index (χ4v) is 4.10. The third-order valence-electron chi connectivity index (χ3n) is 5.61. The van der Waals surface area contributed by atoms with Crippen molar-refractivity contribution in [3.05, 3.63) is 57.6 Å². The fourth-order valence-electron chi connectivity index (χ4n) is 4.10. The first-order valence-electron chi connectivity index (χ1n) is 9.85. The van der Waals surface area contributed by atoms with Gasteiger partial charge in [0.05, 0.1) is 11.4 Å². The molecule has 1 aliphatic heterocycles. The van der Waals surface area contributed by atoms with Crippen molar-refractivity contribution in [3.63, 3.8) is 0 Å². The minimum Gasteiger partial charge on any atom is -0.333 e. The van der Waals surface area contributed by atoms with Crippen molar-refractivity contribution in [2.45, 2.75) is 32.6 Å². The van der Waals surface area contributed by atoms with E-state index in [1.165, 1.54) is 0 Å². The molecule has 8 heteroatoms. The molecule has 1 saturated heterocycles. The van der Waals surface area contributed by atoms with Gasteiger partial charge in [-0.2, -0.15) is 10.1 Å². The molecule has 5 rings (SSSR count). The second-order valence-electron chi connectivity index (χ2n) is 7.54. The summed E-state index contributed by atoms with van der Waals surface area (Å²) >= 11 is 0. The first-order chi connectivity index (χ1) is 14.1. The van der Waals surface area contributed by atoms with E-state index >= 15 is 0 Å². The van der Waals surface area contributed by atoms with Crippen LogP contribution in [0.25, 0.3) is 28.5 Å². The number of hydrogen-bond acceptors (Lipinski definition) is 6. The molecule has 0 unspecified atom stereocenters. The van der Waals surface area contributed by atoms with Gasteiger partial charge in [0.1, 0.15) is 11.2 Å². The molecule has 0 spiro atoms. The smallest absolute Gasteiger partial charge is 0.263 e. The Morgan fingerprint density at radius 3 is 2.76 bits per heavy atom. The zero-order valence-corrected chi connectivity index (χ0v) is 16.4. The second kappa shape index (κ2) is 6.97. The Morgan fingerprint density at radius 2 is 1.97 bits per heavy atom. The maximum absolute atomic E-state index is 12.4. The van der Waals surface area contributed by atoms with Crippen molar-refractivity contribution < 1.29 is 4.52 Å². The minimum atomic E-state index is -0.147. The zero-order chi connectivity index (χ0) is 20.0. The summed E-state index contributed by atoms with van der Waals surface area (Å²) in [4.78, 5) is 20.0. The van der Waals surface area contributed by atoms with Crippen LogP contribution in [0.1, 0.15) is 35.7 Å². The van der Waals surface area contributed by atoms with Crippen LogP contribution in [-0.4, -0.2) is 37.8 Å². The highest BCUT2D eigenvalue weighted by Gasteiger charge is 2.25. The van der Waals surface area contributed by atoms with Gasteiger partial charge in [0.25, 0.3) is 11.4 Å². The third kappa shape index (κ3) is 3.05. The Hall–Kier alpha value is -3.26. The van der Waals surface area contributed by atoms with E-state index in [0.717, 1.165) is 48.4 Å². The van der Waals surface area contributed by atoms with Crippen LogP contribution in [0.3, 0.4) is 0 Å². The zero-order valence-electron chi connectivity index (χ0n) is 16.4. The molecule has 2 N–H and O–H groups in total. The molecule has 1 fully saturated rings. The molecule has 3 aromatic heterocycles. The minimum absolute atomic E-state index is 0.147. The number of aryl methyl sites for hydroxylation is 2. The third-order valence-corrected chi connectivity index (χ3v) is 5.61. The molecule has 8 nitrogen and oxygen atoms in total. The number of aromatic nitrogens is 5. The first kappa shape index (κ1) is 17.8. The van der Waals surface area contributed by atoms with E-state index in [-0.39, 0.29) is 5.56 Å². The number of fused-ring (bicyclic) bond motifs is 1. The molecule has 4 heterocycles. The first-order valence-corrected chi connectivity index (χ1v) is 9.85. The molecule has 0 amide bonds. The van der Waals surface area contributed by atoms with Gasteiger partial charge in [0.15, 0.2) is 0 Å². The summed E-state index contributed by atoms with van der Waals surface area (Å²) in [6.45, 7) is 5.78. The Morgan fingerprint density at radius 1 is 1.17 bits per heavy atom. The highest BCUT2D eigenvalue weighted by molar-refractivity contribution is 5.75. The lowest BCUT2D eigenvalue weighted by Crippen LogP contribution is -2.28. The lowest BCUT2D eigenvalue weighted by atomic mass is 9.94. The monoisotopic (exact) mass is 390 g/mol. The predicted octanol–water partition coefficient (Wildman–Crippen LogP) is 2.82. The average Bonchev–Trinajstić information content (AvgIpc) is 3.32. The van der Waals surface area contributed by atoms with Crippen molar-refractivity contribution >= 4 is 5.65 Å². The van der Waals surface area contributed by atoms with Gasteiger partial charge < -0.3 is 14.8 Å². The molecular formula is C21H22N6O2. The molecular weight excluding hydrogens is 368 g/mol. The summed E-state index contributed by atoms with van der Waals surface area (Å²) in [5.41, 5.74) is 4.78. The van der Waals surface area contributed by atoms with Gasteiger partial charge in [-0.15, -0.1) is 0 Å². The Kier molecular flexibility index (Phi) is 4.28. The van der Waals surface area contributed by atoms with Gasteiger partial charge in [-0.25, -0.2) is 4.52 Å². The summed E-state index contributed by atoms with van der Waals surface area (Å²) in [5.74, 6) is 1.17. The lowest BCUT2D eigenvalue weighted by molar-refractivity contribution is 0.432. The van der Waals surface area contributed by atoms with Gasteiger partial charge in [-0.05, 0) is 45.3 Å². The predicted molar refractivity (Wildman–Crippen MR) is 109 cm³/mol. The number of hydrogen-bond donors (Lipinski definition) is 2. The number of H-pyrrole nitrogens is 1. The van der Waals surface area contributed by atoms with Crippen LogP contribution in [-0.2, 0) is 0 Å². The summed E-state index contributed by atoms with van der Waals surface area (Å²) in [5, 5.41) is 12.2. The van der Waals surface area contributed by atoms with E-state index in [9.17, 15) is 4.79 Å². The number of rotatable bonds is 3. The lowest BCUT2D eigenvalue weighted by Gasteiger charge is -2.23. The molecule has 0 bridgehead atoms. The molecule has 0 atom stereocenters. The van der Waals surface area contributed by atoms with E-state index in [1.807, 2.05) is 42.6 Å².